The highest BCUT2D eigenvalue weighted by molar-refractivity contribution is 5.97. The zero-order valence-electron chi connectivity index (χ0n) is 14.9. The van der Waals surface area contributed by atoms with E-state index in [1.165, 1.54) is 34.9 Å². The number of halogens is 2. The molecule has 0 saturated carbocycles. The molecule has 0 aromatic heterocycles. The third kappa shape index (κ3) is 5.63. The number of para-hydroxylation sites is 1. The van der Waals surface area contributed by atoms with Crippen LogP contribution >= 0.6 is 0 Å². The number of carbonyl (C=O) groups is 3. The average Bonchev–Trinajstić information content (AvgIpc) is 2.84. The SMILES string of the molecule is CC(=O)N(CC(=O)O)C1CCCN(C(=O)c2ccccc2OC(F)F)CC1. The summed E-state index contributed by atoms with van der Waals surface area (Å²) in [4.78, 5) is 38.3. The number of carboxylic acids is 1. The summed E-state index contributed by atoms with van der Waals surface area (Å²) in [6, 6.07) is 5.52. The van der Waals surface area contributed by atoms with Crippen LogP contribution in [0.5, 0.6) is 5.75 Å². The van der Waals surface area contributed by atoms with Gasteiger partial charge in [0, 0.05) is 26.1 Å². The summed E-state index contributed by atoms with van der Waals surface area (Å²) < 4.78 is 29.5. The molecule has 2 amide bonds. The van der Waals surface area contributed by atoms with E-state index in [9.17, 15) is 23.2 Å². The van der Waals surface area contributed by atoms with Gasteiger partial charge in [0.05, 0.1) is 5.56 Å². The van der Waals surface area contributed by atoms with E-state index in [0.717, 1.165) is 0 Å². The summed E-state index contributed by atoms with van der Waals surface area (Å²) in [5.41, 5.74) is 0.0465. The molecule has 148 valence electrons. The van der Waals surface area contributed by atoms with Crippen LogP contribution in [0.3, 0.4) is 0 Å². The van der Waals surface area contributed by atoms with Crippen LogP contribution in [0.15, 0.2) is 24.3 Å². The summed E-state index contributed by atoms with van der Waals surface area (Å²) in [6.45, 7) is -1.44. The lowest BCUT2D eigenvalue weighted by Gasteiger charge is -2.29. The van der Waals surface area contributed by atoms with Gasteiger partial charge in [-0.25, -0.2) is 0 Å². The van der Waals surface area contributed by atoms with Crippen molar-refractivity contribution in [2.24, 2.45) is 0 Å². The second-order valence-corrected chi connectivity index (χ2v) is 6.29. The number of ether oxygens (including phenoxy) is 1. The highest BCUT2D eigenvalue weighted by atomic mass is 19.3. The van der Waals surface area contributed by atoms with E-state index in [1.54, 1.807) is 6.07 Å². The predicted octanol–water partition coefficient (Wildman–Crippen LogP) is 2.22. The quantitative estimate of drug-likeness (QED) is 0.813. The van der Waals surface area contributed by atoms with Crippen LogP contribution in [0.4, 0.5) is 8.78 Å². The van der Waals surface area contributed by atoms with Gasteiger partial charge in [-0.2, -0.15) is 8.78 Å². The Morgan fingerprint density at radius 2 is 1.96 bits per heavy atom. The van der Waals surface area contributed by atoms with Crippen molar-refractivity contribution in [2.45, 2.75) is 38.8 Å². The molecule has 7 nitrogen and oxygen atoms in total. The average molecular weight is 384 g/mol. The molecule has 0 radical (unpaired) electrons. The summed E-state index contributed by atoms with van der Waals surface area (Å²) in [5, 5.41) is 8.99. The van der Waals surface area contributed by atoms with Gasteiger partial charge in [0.15, 0.2) is 0 Å². The zero-order chi connectivity index (χ0) is 20.0. The monoisotopic (exact) mass is 384 g/mol. The highest BCUT2D eigenvalue weighted by Crippen LogP contribution is 2.24. The molecular weight excluding hydrogens is 362 g/mol. The van der Waals surface area contributed by atoms with Crippen molar-refractivity contribution in [3.63, 3.8) is 0 Å². The van der Waals surface area contributed by atoms with Crippen LogP contribution in [-0.4, -0.2) is 65.0 Å². The first kappa shape index (κ1) is 20.6. The Morgan fingerprint density at radius 1 is 1.26 bits per heavy atom. The molecule has 0 bridgehead atoms. The van der Waals surface area contributed by atoms with Gasteiger partial charge in [0.25, 0.3) is 5.91 Å². The first-order valence-corrected chi connectivity index (χ1v) is 8.61. The first-order chi connectivity index (χ1) is 12.8. The topological polar surface area (TPSA) is 87.2 Å². The molecular formula is C18H22F2N2O5. The van der Waals surface area contributed by atoms with Crippen LogP contribution in [0.25, 0.3) is 0 Å². The van der Waals surface area contributed by atoms with E-state index in [4.69, 9.17) is 5.11 Å². The largest absolute Gasteiger partial charge is 0.480 e. The number of aliphatic carboxylic acids is 1. The van der Waals surface area contributed by atoms with Crippen molar-refractivity contribution in [2.75, 3.05) is 19.6 Å². The normalized spacial score (nSPS) is 17.3. The zero-order valence-corrected chi connectivity index (χ0v) is 14.9. The summed E-state index contributed by atoms with van der Waals surface area (Å²) in [6.07, 6.45) is 1.54. The van der Waals surface area contributed by atoms with Gasteiger partial charge in [0.2, 0.25) is 5.91 Å². The molecule has 0 aliphatic carbocycles. The number of rotatable bonds is 6. The maximum absolute atomic E-state index is 12.8. The van der Waals surface area contributed by atoms with Crippen molar-refractivity contribution in [1.29, 1.82) is 0 Å². The van der Waals surface area contributed by atoms with Crippen LogP contribution in [0.1, 0.15) is 36.5 Å². The molecule has 1 aliphatic rings. The van der Waals surface area contributed by atoms with Crippen molar-refractivity contribution < 1.29 is 33.0 Å². The molecule has 2 rings (SSSR count). The minimum absolute atomic E-state index is 0.0465. The van der Waals surface area contributed by atoms with Gasteiger partial charge >= 0.3 is 12.6 Å². The molecule has 1 saturated heterocycles. The van der Waals surface area contributed by atoms with Crippen LogP contribution in [-0.2, 0) is 9.59 Å². The minimum Gasteiger partial charge on any atom is -0.480 e. The standard InChI is InChI=1S/C18H22F2N2O5/c1-12(23)22(11-16(24)25)13-5-4-9-21(10-8-13)17(26)14-6-2-3-7-15(14)27-18(19)20/h2-3,6-7,13,18H,4-5,8-11H2,1H3,(H,24,25). The Morgan fingerprint density at radius 3 is 2.59 bits per heavy atom. The fraction of sp³-hybridized carbons (Fsp3) is 0.500. The lowest BCUT2D eigenvalue weighted by molar-refractivity contribution is -0.145. The Balaban J connectivity index is 2.11. The Labute approximate surface area is 155 Å². The minimum atomic E-state index is -3.03. The fourth-order valence-corrected chi connectivity index (χ4v) is 3.25. The van der Waals surface area contributed by atoms with Gasteiger partial charge in [-0.3, -0.25) is 14.4 Å². The van der Waals surface area contributed by atoms with Gasteiger partial charge in [-0.05, 0) is 31.4 Å². The van der Waals surface area contributed by atoms with Gasteiger partial charge in [0.1, 0.15) is 12.3 Å². The predicted molar refractivity (Wildman–Crippen MR) is 91.6 cm³/mol. The molecule has 1 aliphatic heterocycles. The van der Waals surface area contributed by atoms with Gasteiger partial charge in [-0.15, -0.1) is 0 Å². The molecule has 1 aromatic carbocycles. The van der Waals surface area contributed by atoms with Gasteiger partial charge in [-0.1, -0.05) is 12.1 Å². The van der Waals surface area contributed by atoms with E-state index in [1.807, 2.05) is 0 Å². The van der Waals surface area contributed by atoms with Crippen LogP contribution < -0.4 is 4.74 Å². The Bertz CT molecular complexity index is 698. The molecule has 1 atom stereocenters. The number of nitrogens with zero attached hydrogens (tertiary/aromatic N) is 2. The molecule has 27 heavy (non-hydrogen) atoms. The van der Waals surface area contributed by atoms with E-state index in [2.05, 4.69) is 4.74 Å². The van der Waals surface area contributed by atoms with Crippen LogP contribution in [0.2, 0.25) is 0 Å². The highest BCUT2D eigenvalue weighted by Gasteiger charge is 2.29. The second-order valence-electron chi connectivity index (χ2n) is 6.29. The van der Waals surface area contributed by atoms with E-state index in [0.29, 0.717) is 25.8 Å². The summed E-state index contributed by atoms with van der Waals surface area (Å²) in [5.74, 6) is -2.05. The third-order valence-corrected chi connectivity index (χ3v) is 4.47. The number of amides is 2. The Kier molecular flexibility index (Phi) is 7.09. The van der Waals surface area contributed by atoms with Crippen molar-refractivity contribution in [3.05, 3.63) is 29.8 Å². The maximum atomic E-state index is 12.8. The van der Waals surface area contributed by atoms with Crippen LogP contribution in [0, 0.1) is 0 Å². The lowest BCUT2D eigenvalue weighted by atomic mass is 10.1. The molecule has 1 unspecified atom stereocenters. The number of hydrogen-bond donors (Lipinski definition) is 1. The number of benzene rings is 1. The number of alkyl halides is 2. The van der Waals surface area contributed by atoms with E-state index < -0.39 is 18.5 Å². The smallest absolute Gasteiger partial charge is 0.387 e. The third-order valence-electron chi connectivity index (χ3n) is 4.47. The van der Waals surface area contributed by atoms with Crippen molar-refractivity contribution >= 4 is 17.8 Å². The summed E-state index contributed by atoms with van der Waals surface area (Å²) >= 11 is 0. The number of likely N-dealkylation sites (tertiary alicyclic amines) is 1. The maximum Gasteiger partial charge on any atom is 0.387 e. The van der Waals surface area contributed by atoms with E-state index in [-0.39, 0.29) is 36.4 Å². The van der Waals surface area contributed by atoms with E-state index >= 15 is 0 Å². The number of carbonyl (C=O) groups excluding carboxylic acids is 2. The molecule has 1 fully saturated rings. The molecule has 1 heterocycles. The molecule has 0 spiro atoms. The molecule has 1 N–H and O–H groups in total. The molecule has 1 aromatic rings. The molecule has 9 heteroatoms. The Hall–Kier alpha value is -2.71. The van der Waals surface area contributed by atoms with Crippen molar-refractivity contribution in [1.82, 2.24) is 9.80 Å². The van der Waals surface area contributed by atoms with Crippen molar-refractivity contribution in [3.8, 4) is 5.75 Å². The fourth-order valence-electron chi connectivity index (χ4n) is 3.25. The van der Waals surface area contributed by atoms with Gasteiger partial charge < -0.3 is 19.6 Å². The number of hydrogen-bond acceptors (Lipinski definition) is 4. The second kappa shape index (κ2) is 9.29. The first-order valence-electron chi connectivity index (χ1n) is 8.61. The lowest BCUT2D eigenvalue weighted by Crippen LogP contribution is -2.43. The number of carboxylic acid groups (broad SMARTS) is 1. The summed E-state index contributed by atoms with van der Waals surface area (Å²) in [7, 11) is 0.